The van der Waals surface area contributed by atoms with Crippen molar-refractivity contribution in [2.75, 3.05) is 31.7 Å². The molecule has 0 saturated carbocycles. The number of anilines is 2. The normalized spacial score (nSPS) is 11.0. The van der Waals surface area contributed by atoms with Gasteiger partial charge in [-0.25, -0.2) is 9.59 Å². The highest BCUT2D eigenvalue weighted by Crippen LogP contribution is 2.32. The molecule has 10 heteroatoms. The molecule has 0 heterocycles. The van der Waals surface area contributed by atoms with Crippen LogP contribution in [0.5, 0.6) is 0 Å². The number of esters is 2. The number of rotatable bonds is 11. The fourth-order valence-corrected chi connectivity index (χ4v) is 3.04. The molecule has 3 rings (SSSR count). The van der Waals surface area contributed by atoms with Gasteiger partial charge in [-0.05, 0) is 30.3 Å². The molecule has 0 unspecified atom stereocenters. The van der Waals surface area contributed by atoms with Crippen molar-refractivity contribution in [2.24, 2.45) is 0 Å². The number of carbonyl (C=O) groups is 3. The van der Waals surface area contributed by atoms with Gasteiger partial charge in [0.25, 0.3) is 5.78 Å². The number of alkyl halides is 3. The van der Waals surface area contributed by atoms with E-state index in [4.69, 9.17) is 14.2 Å². The molecule has 0 bridgehead atoms. The van der Waals surface area contributed by atoms with Crippen LogP contribution < -0.4 is 5.32 Å². The SMILES string of the molecule is O=C(OCCOCCOC(=O)c1ccccc1Nc1cccc(C(F)(F)F)c1)C(=O)c1ccccc1. The molecule has 0 aliphatic rings. The molecule has 0 radical (unpaired) electrons. The highest BCUT2D eigenvalue weighted by molar-refractivity contribution is 6.40. The molecule has 0 aliphatic heterocycles. The van der Waals surface area contributed by atoms with Crippen LogP contribution in [0.2, 0.25) is 0 Å². The third-order valence-electron chi connectivity index (χ3n) is 4.76. The molecule has 7 nitrogen and oxygen atoms in total. The Morgan fingerprint density at radius 2 is 1.42 bits per heavy atom. The van der Waals surface area contributed by atoms with Crippen LogP contribution in [0, 0.1) is 0 Å². The van der Waals surface area contributed by atoms with Crippen LogP contribution in [0.25, 0.3) is 0 Å². The minimum Gasteiger partial charge on any atom is -0.460 e. The molecular formula is C26H22F3NO6. The fourth-order valence-electron chi connectivity index (χ4n) is 3.04. The summed E-state index contributed by atoms with van der Waals surface area (Å²) in [4.78, 5) is 36.1. The molecular weight excluding hydrogens is 479 g/mol. The summed E-state index contributed by atoms with van der Waals surface area (Å²) < 4.78 is 54.1. The van der Waals surface area contributed by atoms with Crippen LogP contribution in [-0.2, 0) is 25.2 Å². The summed E-state index contributed by atoms with van der Waals surface area (Å²) in [6.45, 7) is -0.291. The largest absolute Gasteiger partial charge is 0.460 e. The molecule has 3 aromatic carbocycles. The molecule has 3 aromatic rings. The molecule has 0 spiro atoms. The van der Waals surface area contributed by atoms with E-state index >= 15 is 0 Å². The lowest BCUT2D eigenvalue weighted by molar-refractivity contribution is -0.139. The van der Waals surface area contributed by atoms with Crippen LogP contribution in [-0.4, -0.2) is 44.1 Å². The van der Waals surface area contributed by atoms with Gasteiger partial charge in [-0.15, -0.1) is 0 Å². The Balaban J connectivity index is 1.42. The first-order chi connectivity index (χ1) is 17.3. The van der Waals surface area contributed by atoms with Gasteiger partial charge in [-0.1, -0.05) is 48.5 Å². The highest BCUT2D eigenvalue weighted by Gasteiger charge is 2.30. The second kappa shape index (κ2) is 12.5. The number of para-hydroxylation sites is 1. The minimum atomic E-state index is -4.49. The summed E-state index contributed by atoms with van der Waals surface area (Å²) >= 11 is 0. The number of Topliss-reactive ketones (excluding diaryl/α,β-unsaturated/α-hetero) is 1. The van der Waals surface area contributed by atoms with E-state index in [9.17, 15) is 27.6 Å². The first kappa shape index (κ1) is 26.4. The molecule has 0 fully saturated rings. The molecule has 0 atom stereocenters. The van der Waals surface area contributed by atoms with Gasteiger partial charge in [-0.2, -0.15) is 13.2 Å². The van der Waals surface area contributed by atoms with Gasteiger partial charge in [0.1, 0.15) is 13.2 Å². The summed E-state index contributed by atoms with van der Waals surface area (Å²) in [5.41, 5.74) is -0.0346. The van der Waals surface area contributed by atoms with Crippen LogP contribution in [0.15, 0.2) is 78.9 Å². The van der Waals surface area contributed by atoms with Crippen molar-refractivity contribution in [3.05, 3.63) is 95.6 Å². The molecule has 0 aromatic heterocycles. The van der Waals surface area contributed by atoms with E-state index in [1.807, 2.05) is 0 Å². The fraction of sp³-hybridized carbons (Fsp3) is 0.192. The number of ether oxygens (including phenoxy) is 3. The second-order valence-corrected chi connectivity index (χ2v) is 7.33. The molecule has 0 amide bonds. The maximum atomic E-state index is 13.0. The van der Waals surface area contributed by atoms with Crippen molar-refractivity contribution in [2.45, 2.75) is 6.18 Å². The molecule has 188 valence electrons. The van der Waals surface area contributed by atoms with Crippen LogP contribution >= 0.6 is 0 Å². The van der Waals surface area contributed by atoms with Crippen LogP contribution in [0.4, 0.5) is 24.5 Å². The predicted octanol–water partition coefficient (Wildman–Crippen LogP) is 5.05. The summed E-state index contributed by atoms with van der Waals surface area (Å²) in [6.07, 6.45) is -4.49. The van der Waals surface area contributed by atoms with Crippen molar-refractivity contribution < 1.29 is 41.8 Å². The minimum absolute atomic E-state index is 0.000848. The van der Waals surface area contributed by atoms with E-state index in [0.717, 1.165) is 12.1 Å². The zero-order valence-corrected chi connectivity index (χ0v) is 18.9. The Morgan fingerprint density at radius 3 is 2.14 bits per heavy atom. The smallest absolute Gasteiger partial charge is 0.416 e. The van der Waals surface area contributed by atoms with Crippen molar-refractivity contribution in [1.29, 1.82) is 0 Å². The van der Waals surface area contributed by atoms with Crippen LogP contribution in [0.1, 0.15) is 26.3 Å². The average molecular weight is 501 g/mol. The van der Waals surface area contributed by atoms with Crippen molar-refractivity contribution in [1.82, 2.24) is 0 Å². The number of benzene rings is 3. The van der Waals surface area contributed by atoms with E-state index in [1.165, 1.54) is 30.3 Å². The van der Waals surface area contributed by atoms with E-state index in [2.05, 4.69) is 5.32 Å². The first-order valence-corrected chi connectivity index (χ1v) is 10.8. The lowest BCUT2D eigenvalue weighted by atomic mass is 10.1. The van der Waals surface area contributed by atoms with Crippen molar-refractivity contribution in [3.63, 3.8) is 0 Å². The Kier molecular flexibility index (Phi) is 9.18. The number of ketones is 1. The zero-order chi connectivity index (χ0) is 26.0. The van der Waals surface area contributed by atoms with Gasteiger partial charge in [0, 0.05) is 11.3 Å². The van der Waals surface area contributed by atoms with Gasteiger partial charge in [0.15, 0.2) is 0 Å². The zero-order valence-electron chi connectivity index (χ0n) is 18.9. The standard InChI is InChI=1S/C26H22F3NO6/c27-26(28,29)19-9-6-10-20(17-19)30-22-12-5-4-11-21(22)24(32)35-15-13-34-14-16-36-25(33)23(31)18-7-2-1-3-8-18/h1-12,17,30H,13-16H2. The van der Waals surface area contributed by atoms with Gasteiger partial charge < -0.3 is 19.5 Å². The molecule has 1 N–H and O–H groups in total. The maximum Gasteiger partial charge on any atom is 0.416 e. The topological polar surface area (TPSA) is 90.9 Å². The number of carbonyl (C=O) groups excluding carboxylic acids is 3. The lowest BCUT2D eigenvalue weighted by Gasteiger charge is -2.13. The molecule has 0 aliphatic carbocycles. The second-order valence-electron chi connectivity index (χ2n) is 7.33. The number of halogens is 3. The summed E-state index contributed by atoms with van der Waals surface area (Å²) in [6, 6.07) is 18.8. The third kappa shape index (κ3) is 7.67. The number of nitrogens with one attached hydrogen (secondary N) is 1. The summed E-state index contributed by atoms with van der Waals surface area (Å²) in [5.74, 6) is -2.46. The lowest BCUT2D eigenvalue weighted by Crippen LogP contribution is -2.20. The maximum absolute atomic E-state index is 13.0. The Hall–Kier alpha value is -4.18. The van der Waals surface area contributed by atoms with E-state index in [0.29, 0.717) is 0 Å². The summed E-state index contributed by atoms with van der Waals surface area (Å²) in [7, 11) is 0. The highest BCUT2D eigenvalue weighted by atomic mass is 19.4. The van der Waals surface area contributed by atoms with Gasteiger partial charge in [-0.3, -0.25) is 4.79 Å². The van der Waals surface area contributed by atoms with Crippen LogP contribution in [0.3, 0.4) is 0 Å². The van der Waals surface area contributed by atoms with Gasteiger partial charge >= 0.3 is 18.1 Å². The number of hydrogen-bond donors (Lipinski definition) is 1. The predicted molar refractivity (Wildman–Crippen MR) is 124 cm³/mol. The first-order valence-electron chi connectivity index (χ1n) is 10.8. The molecule has 36 heavy (non-hydrogen) atoms. The average Bonchev–Trinajstić information content (AvgIpc) is 2.88. The molecule has 0 saturated heterocycles. The van der Waals surface area contributed by atoms with Gasteiger partial charge in [0.05, 0.1) is 30.0 Å². The third-order valence-corrected chi connectivity index (χ3v) is 4.76. The quantitative estimate of drug-likeness (QED) is 0.170. The Labute approximate surface area is 204 Å². The van der Waals surface area contributed by atoms with Gasteiger partial charge in [0.2, 0.25) is 0 Å². The van der Waals surface area contributed by atoms with E-state index in [-0.39, 0.29) is 48.9 Å². The number of hydrogen-bond acceptors (Lipinski definition) is 7. The Morgan fingerprint density at radius 1 is 0.750 bits per heavy atom. The summed E-state index contributed by atoms with van der Waals surface area (Å²) in [5, 5.41) is 2.81. The van der Waals surface area contributed by atoms with Crippen molar-refractivity contribution in [3.8, 4) is 0 Å². The van der Waals surface area contributed by atoms with E-state index < -0.39 is 29.5 Å². The van der Waals surface area contributed by atoms with E-state index in [1.54, 1.807) is 36.4 Å². The monoisotopic (exact) mass is 501 g/mol. The van der Waals surface area contributed by atoms with Crippen molar-refractivity contribution >= 4 is 29.1 Å². The Bertz CT molecular complexity index is 1200.